The van der Waals surface area contributed by atoms with Crippen molar-refractivity contribution in [2.45, 2.75) is 43.9 Å². The van der Waals surface area contributed by atoms with Gasteiger partial charge in [0.1, 0.15) is 0 Å². The number of hydrogen-bond acceptors (Lipinski definition) is 3. The third-order valence-electron chi connectivity index (χ3n) is 6.54. The number of rotatable bonds is 0. The summed E-state index contributed by atoms with van der Waals surface area (Å²) in [6.45, 7) is 1.05. The number of nitrogens with zero attached hydrogens (tertiary/aromatic N) is 1. The Morgan fingerprint density at radius 1 is 1.33 bits per heavy atom. The number of aliphatic hydroxyl groups is 4. The van der Waals surface area contributed by atoms with E-state index in [1.54, 1.807) is 0 Å². The van der Waals surface area contributed by atoms with E-state index in [9.17, 15) is 10.2 Å². The maximum atomic E-state index is 10.5. The normalized spacial score (nSPS) is 47.5. The van der Waals surface area contributed by atoms with Crippen LogP contribution in [0.4, 0.5) is 0 Å². The van der Waals surface area contributed by atoms with Gasteiger partial charge in [-0.1, -0.05) is 17.7 Å². The zero-order valence-corrected chi connectivity index (χ0v) is 12.3. The number of ether oxygens (including phenoxy) is 1. The van der Waals surface area contributed by atoms with E-state index in [1.807, 2.05) is 6.08 Å². The molecule has 0 amide bonds. The van der Waals surface area contributed by atoms with Gasteiger partial charge in [0, 0.05) is 18.4 Å². The van der Waals surface area contributed by atoms with E-state index in [1.165, 1.54) is 11.1 Å². The second kappa shape index (κ2) is 3.73. The lowest BCUT2D eigenvalue weighted by Crippen LogP contribution is -2.61. The summed E-state index contributed by atoms with van der Waals surface area (Å²) in [5.41, 5.74) is 2.75. The van der Waals surface area contributed by atoms with Crippen LogP contribution in [-0.2, 0) is 0 Å². The molecule has 3 aliphatic carbocycles. The minimum absolute atomic E-state index is 0.0529. The Kier molecular flexibility index (Phi) is 2.19. The topological polar surface area (TPSA) is 56.5 Å². The highest BCUT2D eigenvalue weighted by molar-refractivity contribution is 5.52. The molecule has 2 heterocycles. The van der Waals surface area contributed by atoms with Gasteiger partial charge in [-0.2, -0.15) is 0 Å². The predicted octanol–water partition coefficient (Wildman–Crippen LogP) is 1.40. The molecule has 112 valence electrons. The Bertz CT molecular complexity index is 620. The number of allylic oxidation sites excluding steroid dienone is 2. The summed E-state index contributed by atoms with van der Waals surface area (Å²) in [5.74, 6) is 1.70. The van der Waals surface area contributed by atoms with Gasteiger partial charge in [-0.15, -0.1) is 0 Å². The van der Waals surface area contributed by atoms with Gasteiger partial charge in [0.05, 0.1) is 11.0 Å². The third kappa shape index (κ3) is 1.25. The molecule has 5 atom stereocenters. The van der Waals surface area contributed by atoms with Gasteiger partial charge >= 0.3 is 0 Å². The van der Waals surface area contributed by atoms with E-state index in [0.717, 1.165) is 31.6 Å². The maximum Gasteiger partial charge on any atom is 0.297 e. The van der Waals surface area contributed by atoms with Crippen LogP contribution in [0.15, 0.2) is 34.8 Å². The fourth-order valence-electron chi connectivity index (χ4n) is 5.62. The van der Waals surface area contributed by atoms with Crippen LogP contribution < -0.4 is 0 Å². The molecule has 5 aliphatic rings. The summed E-state index contributed by atoms with van der Waals surface area (Å²) in [6, 6.07) is 0.526. The molecule has 0 radical (unpaired) electrons. The van der Waals surface area contributed by atoms with E-state index >= 15 is 0 Å². The van der Waals surface area contributed by atoms with Crippen molar-refractivity contribution in [3.05, 3.63) is 34.8 Å². The monoisotopic (exact) mass is 288 g/mol. The predicted molar refractivity (Wildman–Crippen MR) is 78.6 cm³/mol. The van der Waals surface area contributed by atoms with Gasteiger partial charge in [-0.25, -0.2) is 0 Å². The molecule has 0 saturated carbocycles. The van der Waals surface area contributed by atoms with Gasteiger partial charge in [-0.3, -0.25) is 0 Å². The van der Waals surface area contributed by atoms with Crippen LogP contribution in [0.3, 0.4) is 0 Å². The molecular weight excluding hydrogens is 266 g/mol. The van der Waals surface area contributed by atoms with Crippen molar-refractivity contribution in [3.8, 4) is 0 Å². The number of hydrogen-bond donors (Lipinski definition) is 2. The smallest absolute Gasteiger partial charge is 0.297 e. The molecule has 21 heavy (non-hydrogen) atoms. The molecule has 1 spiro atoms. The average Bonchev–Trinajstić information content (AvgIpc) is 2.83. The summed E-state index contributed by atoms with van der Waals surface area (Å²) < 4.78 is 4.82. The van der Waals surface area contributed by atoms with Crippen LogP contribution >= 0.6 is 0 Å². The first-order valence-electron chi connectivity index (χ1n) is 8.05. The first kappa shape index (κ1) is 12.3. The van der Waals surface area contributed by atoms with E-state index in [0.29, 0.717) is 24.1 Å². The molecule has 3 unspecified atom stereocenters. The Morgan fingerprint density at radius 3 is 3.05 bits per heavy atom. The van der Waals surface area contributed by atoms with E-state index < -0.39 is 6.10 Å². The largest absolute Gasteiger partial charge is 0.575 e. The SMILES string of the molecule is CN1CCC23C4=C5CCC(O)=C4[OH+][C@@H]2C(O)C=CC3[C@H]1C5. The number of aliphatic hydroxyl groups excluding tert-OH is 2. The standard InChI is InChI=1S/C17H21NO3/c1-18-7-6-17-10-3-5-13(20)16(17)21-15-12(19)4-2-9(14(15)17)8-11(10)18/h3,5,10-11,13,16,19-20H,2,4,6-8H2,1H3/p+1/t10?,11-,13?,16-,17?/m1/s1. The van der Waals surface area contributed by atoms with Crippen molar-refractivity contribution in [3.63, 3.8) is 0 Å². The van der Waals surface area contributed by atoms with Gasteiger partial charge in [0.2, 0.25) is 6.10 Å². The molecule has 2 bridgehead atoms. The van der Waals surface area contributed by atoms with E-state index in [4.69, 9.17) is 4.74 Å². The maximum absolute atomic E-state index is 10.5. The Labute approximate surface area is 124 Å². The molecule has 0 aromatic rings. The second-order valence-corrected chi connectivity index (χ2v) is 7.29. The fourth-order valence-corrected chi connectivity index (χ4v) is 5.62. The molecular formula is C17H22NO3+. The number of likely N-dealkylation sites (tertiary alicyclic amines) is 1. The van der Waals surface area contributed by atoms with Crippen LogP contribution in [0, 0.1) is 11.3 Å². The Morgan fingerprint density at radius 2 is 2.19 bits per heavy atom. The van der Waals surface area contributed by atoms with Gasteiger partial charge < -0.3 is 19.8 Å². The Hall–Kier alpha value is -1.26. The highest BCUT2D eigenvalue weighted by Crippen LogP contribution is 2.64. The molecule has 4 nitrogen and oxygen atoms in total. The van der Waals surface area contributed by atoms with Crippen molar-refractivity contribution in [2.75, 3.05) is 13.6 Å². The van der Waals surface area contributed by atoms with Crippen molar-refractivity contribution in [1.82, 2.24) is 4.90 Å². The lowest BCUT2D eigenvalue weighted by molar-refractivity contribution is -0.146. The molecule has 2 aliphatic heterocycles. The lowest BCUT2D eigenvalue weighted by Gasteiger charge is -2.54. The first-order valence-corrected chi connectivity index (χ1v) is 8.05. The highest BCUT2D eigenvalue weighted by atomic mass is 16.5. The summed E-state index contributed by atoms with van der Waals surface area (Å²) in [4.78, 5) is 2.48. The third-order valence-corrected chi connectivity index (χ3v) is 6.54. The van der Waals surface area contributed by atoms with Crippen LogP contribution in [0.1, 0.15) is 25.7 Å². The van der Waals surface area contributed by atoms with Crippen LogP contribution in [0.2, 0.25) is 0 Å². The molecule has 0 aromatic heterocycles. The summed E-state index contributed by atoms with van der Waals surface area (Å²) in [5, 5.41) is 20.8. The zero-order valence-electron chi connectivity index (χ0n) is 12.3. The highest BCUT2D eigenvalue weighted by Gasteiger charge is 2.69. The average molecular weight is 288 g/mol. The van der Waals surface area contributed by atoms with Crippen molar-refractivity contribution in [1.29, 1.82) is 0 Å². The van der Waals surface area contributed by atoms with Gasteiger partial charge in [0.15, 0.2) is 11.9 Å². The fraction of sp³-hybridized carbons (Fsp3) is 0.647. The van der Waals surface area contributed by atoms with Crippen LogP contribution in [-0.4, -0.2) is 51.7 Å². The van der Waals surface area contributed by atoms with E-state index in [2.05, 4.69) is 18.0 Å². The van der Waals surface area contributed by atoms with Gasteiger partial charge in [0.25, 0.3) is 5.76 Å². The Balaban J connectivity index is 1.80. The second-order valence-electron chi connectivity index (χ2n) is 7.29. The molecule has 5 rings (SSSR count). The summed E-state index contributed by atoms with van der Waals surface area (Å²) in [6.07, 6.45) is 7.37. The van der Waals surface area contributed by atoms with E-state index in [-0.39, 0.29) is 11.5 Å². The minimum atomic E-state index is -0.511. The summed E-state index contributed by atoms with van der Waals surface area (Å²) in [7, 11) is 2.22. The van der Waals surface area contributed by atoms with Crippen molar-refractivity contribution >= 4 is 0 Å². The molecule has 0 aromatic carbocycles. The molecule has 2 fully saturated rings. The first-order chi connectivity index (χ1) is 10.1. The lowest BCUT2D eigenvalue weighted by atomic mass is 9.52. The molecule has 2 saturated heterocycles. The molecule has 3 N–H and O–H groups in total. The summed E-state index contributed by atoms with van der Waals surface area (Å²) >= 11 is 0. The van der Waals surface area contributed by atoms with Crippen molar-refractivity contribution in [2.24, 2.45) is 11.3 Å². The van der Waals surface area contributed by atoms with Crippen LogP contribution in [0.25, 0.3) is 0 Å². The minimum Gasteiger partial charge on any atom is -0.575 e. The quantitative estimate of drug-likeness (QED) is 0.523. The van der Waals surface area contributed by atoms with Gasteiger partial charge in [-0.05, 0) is 32.9 Å². The van der Waals surface area contributed by atoms with Crippen LogP contribution in [0.5, 0.6) is 0 Å². The molecule has 4 heteroatoms. The van der Waals surface area contributed by atoms with Crippen molar-refractivity contribution < 1.29 is 14.9 Å². The zero-order chi connectivity index (χ0) is 14.4. The number of piperidine rings is 1.